The average molecular weight is 497 g/mol. The third-order valence-electron chi connectivity index (χ3n) is 4.95. The predicted molar refractivity (Wildman–Crippen MR) is 132 cm³/mol. The van der Waals surface area contributed by atoms with Crippen LogP contribution in [0.1, 0.15) is 61.7 Å². The van der Waals surface area contributed by atoms with E-state index >= 15 is 0 Å². The number of aryl methyl sites for hydroxylation is 2. The number of nitrogens with zero attached hydrogens (tertiary/aromatic N) is 3. The molecule has 0 saturated carbocycles. The van der Waals surface area contributed by atoms with Crippen LogP contribution in [0.4, 0.5) is 11.4 Å². The second kappa shape index (κ2) is 12.3. The summed E-state index contributed by atoms with van der Waals surface area (Å²) in [6.45, 7) is 12.6. The molecule has 0 aliphatic carbocycles. The van der Waals surface area contributed by atoms with E-state index in [1.54, 1.807) is 0 Å². The first-order chi connectivity index (χ1) is 14.8. The van der Waals surface area contributed by atoms with Crippen LogP contribution in [0.3, 0.4) is 0 Å². The third kappa shape index (κ3) is 7.08. The Balaban J connectivity index is 0.00000107. The fraction of sp³-hybridized carbons (Fsp3) is 0.280. The Bertz CT molecular complexity index is 1050. The van der Waals surface area contributed by atoms with Gasteiger partial charge >= 0.3 is 33.3 Å². The zero-order chi connectivity index (χ0) is 23.0. The van der Waals surface area contributed by atoms with Crippen molar-refractivity contribution in [2.75, 3.05) is 0 Å². The molecule has 31 heavy (non-hydrogen) atoms. The fourth-order valence-electron chi connectivity index (χ4n) is 3.29. The van der Waals surface area contributed by atoms with Crippen molar-refractivity contribution in [1.29, 1.82) is 0 Å². The van der Waals surface area contributed by atoms with Gasteiger partial charge in [-0.25, -0.2) is 0 Å². The van der Waals surface area contributed by atoms with Crippen molar-refractivity contribution in [2.45, 2.75) is 47.5 Å². The number of aliphatic imine (C=N–C) groups is 2. The minimum atomic E-state index is 0.194. The van der Waals surface area contributed by atoms with Crippen molar-refractivity contribution in [3.8, 4) is 0 Å². The summed E-state index contributed by atoms with van der Waals surface area (Å²) < 4.78 is 0. The number of para-hydroxylation sites is 2. The van der Waals surface area contributed by atoms with Crippen molar-refractivity contribution in [2.24, 2.45) is 9.98 Å². The molecule has 1 aromatic heterocycles. The molecule has 3 aromatic rings. The van der Waals surface area contributed by atoms with Crippen molar-refractivity contribution in [1.82, 2.24) is 4.98 Å². The van der Waals surface area contributed by atoms with Crippen molar-refractivity contribution in [3.63, 3.8) is 0 Å². The van der Waals surface area contributed by atoms with Gasteiger partial charge in [0.1, 0.15) is 0 Å². The van der Waals surface area contributed by atoms with Gasteiger partial charge in [-0.1, -0.05) is 62.4 Å². The first-order valence-electron chi connectivity index (χ1n) is 10.0. The Kier molecular flexibility index (Phi) is 10.1. The van der Waals surface area contributed by atoms with Gasteiger partial charge in [0.2, 0.25) is 0 Å². The van der Waals surface area contributed by atoms with E-state index < -0.39 is 0 Å². The van der Waals surface area contributed by atoms with E-state index in [2.05, 4.69) is 64.1 Å². The molecule has 0 N–H and O–H groups in total. The fourth-order valence-corrected chi connectivity index (χ4v) is 3.29. The minimum absolute atomic E-state index is 0.194. The first-order valence-corrected chi connectivity index (χ1v) is 13.1. The van der Waals surface area contributed by atoms with E-state index in [9.17, 15) is 0 Å². The Morgan fingerprint density at radius 1 is 0.806 bits per heavy atom. The van der Waals surface area contributed by atoms with Crippen LogP contribution in [0.15, 0.2) is 64.6 Å². The van der Waals surface area contributed by atoms with Crippen LogP contribution in [0.5, 0.6) is 0 Å². The van der Waals surface area contributed by atoms with Gasteiger partial charge in [-0.15, -0.1) is 11.4 Å². The van der Waals surface area contributed by atoms with Crippen LogP contribution in [0, 0.1) is 13.8 Å². The van der Waals surface area contributed by atoms with Gasteiger partial charge in [-0.3, -0.25) is 9.98 Å². The summed E-state index contributed by atoms with van der Waals surface area (Å²) in [7, 11) is 9.53. The van der Waals surface area contributed by atoms with Crippen LogP contribution in [-0.2, 0) is 13.1 Å². The monoisotopic (exact) mass is 496 g/mol. The zero-order valence-corrected chi connectivity index (χ0v) is 21.3. The molecule has 0 aliphatic heterocycles. The Hall–Kier alpha value is -1.84. The molecule has 0 fully saturated rings. The van der Waals surface area contributed by atoms with Crippen LogP contribution in [0.2, 0.25) is 0 Å². The van der Waals surface area contributed by atoms with Crippen LogP contribution >= 0.6 is 20.2 Å². The van der Waals surface area contributed by atoms with E-state index in [4.69, 9.17) is 35.2 Å². The normalized spacial score (nSPS) is 12.0. The van der Waals surface area contributed by atoms with Crippen LogP contribution in [-0.4, -0.2) is 11.4 Å². The standard InChI is InChI=1S/C25H28N3.2ClH.Fe/c1-16(2)21-12-7-8-13-24(21)26-19(5)22-14-15-23(28-22)20(6)27-25-17(3)10-9-11-18(25)4;;;/h7-16H,1-6H3;2*1H;/q-1;;;+3/p-2. The van der Waals surface area contributed by atoms with E-state index in [1.165, 1.54) is 16.7 Å². The van der Waals surface area contributed by atoms with Crippen LogP contribution in [0.25, 0.3) is 0 Å². The molecule has 165 valence electrons. The molecular weight excluding hydrogens is 469 g/mol. The summed E-state index contributed by atoms with van der Waals surface area (Å²) >= 11 is 0.194. The van der Waals surface area contributed by atoms with Gasteiger partial charge in [0.05, 0.1) is 11.4 Å². The molecule has 2 aromatic carbocycles. The first kappa shape index (κ1) is 25.4. The van der Waals surface area contributed by atoms with E-state index in [0.29, 0.717) is 5.92 Å². The van der Waals surface area contributed by atoms with Gasteiger partial charge in [0, 0.05) is 11.4 Å². The van der Waals surface area contributed by atoms with Crippen molar-refractivity contribution in [3.05, 3.63) is 82.7 Å². The molecule has 6 heteroatoms. The maximum absolute atomic E-state index is 4.85. The Morgan fingerprint density at radius 3 is 1.87 bits per heavy atom. The van der Waals surface area contributed by atoms with Gasteiger partial charge in [0.25, 0.3) is 0 Å². The number of halogens is 2. The SMILES string of the molecule is CC(=Nc1ccccc1C(C)C)c1ccc(C(C)=Nc2c(C)cccc2C)[n-]1.[Cl][Fe+][Cl]. The topological polar surface area (TPSA) is 38.8 Å². The van der Waals surface area contributed by atoms with Crippen molar-refractivity contribution < 1.29 is 13.1 Å². The number of benzene rings is 2. The molecule has 0 unspecified atom stereocenters. The maximum atomic E-state index is 4.85. The molecule has 0 atom stereocenters. The summed E-state index contributed by atoms with van der Waals surface area (Å²) in [6, 6.07) is 18.6. The molecule has 0 amide bonds. The second-order valence-electron chi connectivity index (χ2n) is 7.61. The molecule has 0 radical (unpaired) electrons. The number of hydrogen-bond acceptors (Lipinski definition) is 2. The molecular formula is C25H28Cl2FeN3. The summed E-state index contributed by atoms with van der Waals surface area (Å²) in [6.07, 6.45) is 0. The average Bonchev–Trinajstić information content (AvgIpc) is 3.22. The summed E-state index contributed by atoms with van der Waals surface area (Å²) in [5.74, 6) is 0.433. The Morgan fingerprint density at radius 2 is 1.32 bits per heavy atom. The molecule has 0 bridgehead atoms. The van der Waals surface area contributed by atoms with E-state index in [0.717, 1.165) is 34.2 Å². The summed E-state index contributed by atoms with van der Waals surface area (Å²) in [4.78, 5) is 14.5. The third-order valence-corrected chi connectivity index (χ3v) is 4.95. The molecule has 0 saturated heterocycles. The zero-order valence-electron chi connectivity index (χ0n) is 18.7. The van der Waals surface area contributed by atoms with Crippen molar-refractivity contribution >= 4 is 43.0 Å². The van der Waals surface area contributed by atoms with Gasteiger partial charge in [-0.2, -0.15) is 0 Å². The molecule has 3 rings (SSSR count). The van der Waals surface area contributed by atoms with Gasteiger partial charge in [0.15, 0.2) is 0 Å². The van der Waals surface area contributed by atoms with E-state index in [-0.39, 0.29) is 13.1 Å². The van der Waals surface area contributed by atoms with E-state index in [1.807, 2.05) is 32.0 Å². The number of aromatic nitrogens is 1. The quantitative estimate of drug-likeness (QED) is 0.260. The number of rotatable bonds is 5. The molecule has 3 nitrogen and oxygen atoms in total. The number of hydrogen-bond donors (Lipinski definition) is 0. The predicted octanol–water partition coefficient (Wildman–Crippen LogP) is 8.04. The van der Waals surface area contributed by atoms with Gasteiger partial charge < -0.3 is 4.98 Å². The summed E-state index contributed by atoms with van der Waals surface area (Å²) in [5.41, 5.74) is 9.26. The van der Waals surface area contributed by atoms with Crippen LogP contribution < -0.4 is 4.98 Å². The molecule has 0 spiro atoms. The molecule has 0 aliphatic rings. The molecule has 1 heterocycles. The second-order valence-corrected chi connectivity index (χ2v) is 9.44. The summed E-state index contributed by atoms with van der Waals surface area (Å²) in [5, 5.41) is 0. The Labute approximate surface area is 200 Å². The van der Waals surface area contributed by atoms with Gasteiger partial charge in [-0.05, 0) is 56.4 Å².